The third kappa shape index (κ3) is 5.14. The third-order valence-electron chi connectivity index (χ3n) is 2.99. The monoisotopic (exact) mass is 285 g/mol. The number of hydrogen-bond acceptors (Lipinski definition) is 4. The Hall–Kier alpha value is -2.56. The highest BCUT2D eigenvalue weighted by Gasteiger charge is 2.03. The van der Waals surface area contributed by atoms with Gasteiger partial charge in [-0.2, -0.15) is 0 Å². The second-order valence-electron chi connectivity index (χ2n) is 4.59. The first-order valence-electron chi connectivity index (χ1n) is 6.88. The van der Waals surface area contributed by atoms with Crippen LogP contribution in [-0.4, -0.2) is 24.0 Å². The summed E-state index contributed by atoms with van der Waals surface area (Å²) < 4.78 is 5.48. The fourth-order valence-corrected chi connectivity index (χ4v) is 1.85. The molecule has 0 unspecified atom stereocenters. The second-order valence-corrected chi connectivity index (χ2v) is 4.59. The smallest absolute Gasteiger partial charge is 0.223 e. The van der Waals surface area contributed by atoms with Gasteiger partial charge in [0.2, 0.25) is 5.91 Å². The predicted octanol–water partition coefficient (Wildman–Crippen LogP) is 1.79. The molecule has 0 aliphatic heterocycles. The summed E-state index contributed by atoms with van der Waals surface area (Å²) in [5, 5.41) is 2.86. The average molecular weight is 285 g/mol. The summed E-state index contributed by atoms with van der Waals surface area (Å²) in [5.41, 5.74) is 7.48. The van der Waals surface area contributed by atoms with Crippen molar-refractivity contribution >= 4 is 11.6 Å². The Kier molecular flexibility index (Phi) is 5.58. The number of benzene rings is 1. The van der Waals surface area contributed by atoms with Crippen LogP contribution < -0.4 is 15.8 Å². The molecule has 0 saturated heterocycles. The first-order valence-corrected chi connectivity index (χ1v) is 6.88. The number of hydrogen-bond donors (Lipinski definition) is 2. The molecule has 5 heteroatoms. The maximum atomic E-state index is 11.7. The van der Waals surface area contributed by atoms with Crippen molar-refractivity contribution < 1.29 is 9.53 Å². The zero-order valence-electron chi connectivity index (χ0n) is 11.8. The summed E-state index contributed by atoms with van der Waals surface area (Å²) in [6.45, 7) is 0.922. The van der Waals surface area contributed by atoms with Gasteiger partial charge in [0.25, 0.3) is 0 Å². The van der Waals surface area contributed by atoms with Crippen LogP contribution in [0.25, 0.3) is 0 Å². The van der Waals surface area contributed by atoms with E-state index in [2.05, 4.69) is 10.3 Å². The first kappa shape index (κ1) is 14.8. The molecule has 0 aliphatic rings. The van der Waals surface area contributed by atoms with Crippen LogP contribution in [0.3, 0.4) is 0 Å². The number of anilines is 1. The number of nitrogen functional groups attached to an aromatic ring is 1. The van der Waals surface area contributed by atoms with Gasteiger partial charge >= 0.3 is 0 Å². The van der Waals surface area contributed by atoms with Gasteiger partial charge in [-0.25, -0.2) is 0 Å². The van der Waals surface area contributed by atoms with Crippen molar-refractivity contribution in [2.75, 3.05) is 18.9 Å². The summed E-state index contributed by atoms with van der Waals surface area (Å²) >= 11 is 0. The molecule has 2 rings (SSSR count). The number of rotatable bonds is 7. The maximum absolute atomic E-state index is 11.7. The summed E-state index contributed by atoms with van der Waals surface area (Å²) in [6, 6.07) is 11.1. The van der Waals surface area contributed by atoms with Gasteiger partial charge in [0.05, 0.1) is 18.7 Å². The van der Waals surface area contributed by atoms with Gasteiger partial charge in [-0.1, -0.05) is 12.1 Å². The van der Waals surface area contributed by atoms with Crippen molar-refractivity contribution in [1.29, 1.82) is 0 Å². The number of aromatic nitrogens is 1. The number of nitrogens with two attached hydrogens (primary N) is 1. The molecule has 21 heavy (non-hydrogen) atoms. The van der Waals surface area contributed by atoms with Gasteiger partial charge in [-0.3, -0.25) is 9.78 Å². The van der Waals surface area contributed by atoms with E-state index >= 15 is 0 Å². The highest BCUT2D eigenvalue weighted by Crippen LogP contribution is 2.19. The highest BCUT2D eigenvalue weighted by atomic mass is 16.5. The van der Waals surface area contributed by atoms with E-state index in [1.54, 1.807) is 24.5 Å². The first-order chi connectivity index (χ1) is 10.3. The predicted molar refractivity (Wildman–Crippen MR) is 81.9 cm³/mol. The summed E-state index contributed by atoms with van der Waals surface area (Å²) in [5.74, 6) is 0.584. The number of carbonyl (C=O) groups excluding carboxylic acids is 1. The zero-order chi connectivity index (χ0) is 14.9. The standard InChI is InChI=1S/C16H19N3O2/c17-14-3-1-2-4-15(14)21-12-8-16(20)19-11-7-13-5-9-18-10-6-13/h1-6,9-10H,7-8,11-12,17H2,(H,19,20). The molecule has 1 heterocycles. The van der Waals surface area contributed by atoms with E-state index in [1.807, 2.05) is 24.3 Å². The Morgan fingerprint density at radius 1 is 1.19 bits per heavy atom. The van der Waals surface area contributed by atoms with E-state index in [9.17, 15) is 4.79 Å². The van der Waals surface area contributed by atoms with E-state index in [4.69, 9.17) is 10.5 Å². The Morgan fingerprint density at radius 3 is 2.71 bits per heavy atom. The van der Waals surface area contributed by atoms with Crippen LogP contribution in [0.2, 0.25) is 0 Å². The normalized spacial score (nSPS) is 10.1. The van der Waals surface area contributed by atoms with E-state index in [0.29, 0.717) is 31.0 Å². The van der Waals surface area contributed by atoms with Gasteiger partial charge in [0.1, 0.15) is 5.75 Å². The largest absolute Gasteiger partial charge is 0.491 e. The zero-order valence-corrected chi connectivity index (χ0v) is 11.8. The van der Waals surface area contributed by atoms with E-state index < -0.39 is 0 Å². The molecule has 0 saturated carbocycles. The number of amides is 1. The molecular weight excluding hydrogens is 266 g/mol. The Balaban J connectivity index is 1.63. The summed E-state index contributed by atoms with van der Waals surface area (Å²) in [4.78, 5) is 15.6. The second kappa shape index (κ2) is 7.89. The lowest BCUT2D eigenvalue weighted by molar-refractivity contribution is -0.121. The van der Waals surface area contributed by atoms with Gasteiger partial charge in [0, 0.05) is 18.9 Å². The molecule has 0 fully saturated rings. The molecule has 0 aliphatic carbocycles. The van der Waals surface area contributed by atoms with Gasteiger partial charge in [0.15, 0.2) is 0 Å². The quantitative estimate of drug-likeness (QED) is 0.760. The van der Waals surface area contributed by atoms with Crippen LogP contribution in [-0.2, 0) is 11.2 Å². The highest BCUT2D eigenvalue weighted by molar-refractivity contribution is 5.76. The molecule has 1 amide bonds. The average Bonchev–Trinajstić information content (AvgIpc) is 2.50. The topological polar surface area (TPSA) is 77.2 Å². The van der Waals surface area contributed by atoms with Crippen LogP contribution in [0, 0.1) is 0 Å². The van der Waals surface area contributed by atoms with Gasteiger partial charge in [-0.15, -0.1) is 0 Å². The number of carbonyl (C=O) groups is 1. The minimum Gasteiger partial charge on any atom is -0.491 e. The molecule has 0 bridgehead atoms. The molecule has 110 valence electrons. The number of para-hydroxylation sites is 2. The van der Waals surface area contributed by atoms with Crippen molar-refractivity contribution in [3.8, 4) is 5.75 Å². The minimum absolute atomic E-state index is 0.0291. The Bertz CT molecular complexity index is 573. The molecule has 0 radical (unpaired) electrons. The van der Waals surface area contributed by atoms with Crippen LogP contribution >= 0.6 is 0 Å². The van der Waals surface area contributed by atoms with E-state index in [1.165, 1.54) is 0 Å². The van der Waals surface area contributed by atoms with E-state index in [-0.39, 0.29) is 5.91 Å². The van der Waals surface area contributed by atoms with Crippen LogP contribution in [0.4, 0.5) is 5.69 Å². The lowest BCUT2D eigenvalue weighted by Gasteiger charge is -2.09. The van der Waals surface area contributed by atoms with Crippen molar-refractivity contribution in [1.82, 2.24) is 10.3 Å². The van der Waals surface area contributed by atoms with Crippen molar-refractivity contribution in [2.45, 2.75) is 12.8 Å². The molecule has 5 nitrogen and oxygen atoms in total. The van der Waals surface area contributed by atoms with Crippen molar-refractivity contribution in [3.05, 3.63) is 54.4 Å². The number of nitrogens with zero attached hydrogens (tertiary/aromatic N) is 1. The van der Waals surface area contributed by atoms with Crippen molar-refractivity contribution in [2.24, 2.45) is 0 Å². The van der Waals surface area contributed by atoms with Crippen LogP contribution in [0.15, 0.2) is 48.8 Å². The maximum Gasteiger partial charge on any atom is 0.223 e. The molecule has 0 spiro atoms. The lowest BCUT2D eigenvalue weighted by Crippen LogP contribution is -2.27. The fraction of sp³-hybridized carbons (Fsp3) is 0.250. The fourth-order valence-electron chi connectivity index (χ4n) is 1.85. The third-order valence-corrected chi connectivity index (χ3v) is 2.99. The molecule has 0 atom stereocenters. The molecular formula is C16H19N3O2. The molecule has 1 aromatic carbocycles. The minimum atomic E-state index is -0.0291. The van der Waals surface area contributed by atoms with Crippen molar-refractivity contribution in [3.63, 3.8) is 0 Å². The molecule has 3 N–H and O–H groups in total. The summed E-state index contributed by atoms with van der Waals surface area (Å²) in [7, 11) is 0. The Morgan fingerprint density at radius 2 is 1.95 bits per heavy atom. The number of ether oxygens (including phenoxy) is 1. The molecule has 2 aromatic rings. The SMILES string of the molecule is Nc1ccccc1OCCC(=O)NCCc1ccncc1. The van der Waals surface area contributed by atoms with Gasteiger partial charge < -0.3 is 15.8 Å². The molecule has 1 aromatic heterocycles. The van der Waals surface area contributed by atoms with Gasteiger partial charge in [-0.05, 0) is 36.2 Å². The number of nitrogens with one attached hydrogen (secondary N) is 1. The lowest BCUT2D eigenvalue weighted by atomic mass is 10.2. The summed E-state index contributed by atoms with van der Waals surface area (Å²) in [6.07, 6.45) is 4.59. The number of pyridine rings is 1. The Labute approximate surface area is 124 Å². The van der Waals surface area contributed by atoms with E-state index in [0.717, 1.165) is 12.0 Å². The van der Waals surface area contributed by atoms with Crippen LogP contribution in [0.5, 0.6) is 5.75 Å². The van der Waals surface area contributed by atoms with Crippen LogP contribution in [0.1, 0.15) is 12.0 Å².